The molecule has 4 rings (SSSR count). The van der Waals surface area contributed by atoms with Crippen molar-refractivity contribution in [3.8, 4) is 5.88 Å². The van der Waals surface area contributed by atoms with Gasteiger partial charge in [-0.05, 0) is 48.8 Å². The molecule has 7 heteroatoms. The molecular weight excluding hydrogens is 423 g/mol. The predicted molar refractivity (Wildman–Crippen MR) is 130 cm³/mol. The number of aryl methyl sites for hydroxylation is 2. The smallest absolute Gasteiger partial charge is 0.221 e. The number of hydrogen-bond donors (Lipinski definition) is 2. The highest BCUT2D eigenvalue weighted by molar-refractivity contribution is 7.80. The molecule has 0 amide bonds. The van der Waals surface area contributed by atoms with E-state index >= 15 is 0 Å². The van der Waals surface area contributed by atoms with E-state index in [9.17, 15) is 9.50 Å². The van der Waals surface area contributed by atoms with Crippen molar-refractivity contribution >= 4 is 39.6 Å². The Labute approximate surface area is 191 Å². The molecule has 0 aliphatic carbocycles. The highest BCUT2D eigenvalue weighted by Crippen LogP contribution is 2.39. The second kappa shape index (κ2) is 9.28. The van der Waals surface area contributed by atoms with Gasteiger partial charge >= 0.3 is 0 Å². The Morgan fingerprint density at radius 2 is 1.75 bits per heavy atom. The maximum Gasteiger partial charge on any atom is 0.221 e. The molecule has 0 fully saturated rings. The largest absolute Gasteiger partial charge is 0.493 e. The summed E-state index contributed by atoms with van der Waals surface area (Å²) in [7, 11) is 0. The first kappa shape index (κ1) is 21.6. The maximum absolute atomic E-state index is 14.2. The first-order valence-electron chi connectivity index (χ1n) is 10.3. The highest BCUT2D eigenvalue weighted by Gasteiger charge is 2.18. The number of nitrogens with one attached hydrogen (secondary N) is 1. The Morgan fingerprint density at radius 1 is 1.03 bits per heavy atom. The van der Waals surface area contributed by atoms with Crippen LogP contribution in [-0.4, -0.2) is 14.8 Å². The average molecular weight is 447 g/mol. The Hall–Kier alpha value is -3.58. The Balaban J connectivity index is 1.67. The van der Waals surface area contributed by atoms with Gasteiger partial charge in [-0.3, -0.25) is 0 Å². The molecule has 4 aromatic rings. The fraction of sp³-hybridized carbons (Fsp3) is 0.160. The molecule has 1 aromatic heterocycles. The van der Waals surface area contributed by atoms with Gasteiger partial charge in [-0.2, -0.15) is 0 Å². The van der Waals surface area contributed by atoms with Gasteiger partial charge in [0.05, 0.1) is 12.1 Å². The van der Waals surface area contributed by atoms with Gasteiger partial charge in [0.15, 0.2) is 5.69 Å². The third-order valence-electron chi connectivity index (χ3n) is 5.42. The molecule has 0 bridgehead atoms. The van der Waals surface area contributed by atoms with Crippen LogP contribution >= 0.6 is 12.2 Å². The van der Waals surface area contributed by atoms with Crippen molar-refractivity contribution in [1.82, 2.24) is 4.57 Å². The number of benzene rings is 3. The third-order valence-corrected chi connectivity index (χ3v) is 5.60. The molecule has 1 heterocycles. The summed E-state index contributed by atoms with van der Waals surface area (Å²) < 4.78 is 15.8. The number of anilines is 1. The van der Waals surface area contributed by atoms with Crippen molar-refractivity contribution in [2.24, 2.45) is 10.2 Å². The predicted octanol–water partition coefficient (Wildman–Crippen LogP) is 6.89. The number of nitrogens with zero attached hydrogens (tertiary/aromatic N) is 3. The fourth-order valence-electron chi connectivity index (χ4n) is 3.76. The van der Waals surface area contributed by atoms with E-state index in [4.69, 9.17) is 12.2 Å². The molecule has 2 N–H and O–H groups in total. The maximum atomic E-state index is 14.2. The normalized spacial score (nSPS) is 11.3. The molecule has 0 unspecified atom stereocenters. The number of azo groups is 1. The third kappa shape index (κ3) is 4.24. The second-order valence-electron chi connectivity index (χ2n) is 7.46. The lowest BCUT2D eigenvalue weighted by molar-refractivity contribution is 0.428. The van der Waals surface area contributed by atoms with Crippen LogP contribution in [0.5, 0.6) is 5.88 Å². The van der Waals surface area contributed by atoms with Gasteiger partial charge < -0.3 is 15.0 Å². The summed E-state index contributed by atoms with van der Waals surface area (Å²) in [6.45, 7) is 4.25. The van der Waals surface area contributed by atoms with Crippen LogP contribution in [0, 0.1) is 12.7 Å². The number of aromatic nitrogens is 1. The van der Waals surface area contributed by atoms with Crippen molar-refractivity contribution in [2.45, 2.75) is 26.8 Å². The number of hydrogen-bond acceptors (Lipinski definition) is 3. The Kier molecular flexibility index (Phi) is 6.28. The van der Waals surface area contributed by atoms with Gasteiger partial charge in [0.1, 0.15) is 5.82 Å². The van der Waals surface area contributed by atoms with Crippen LogP contribution in [0.1, 0.15) is 23.6 Å². The SMILES string of the molecule is CCc1cccc(C)c1NC(=S)N=Nc1c(O)n(Cc2ccccc2F)c2ccccc12. The number of aromatic hydroxyl groups is 1. The van der Waals surface area contributed by atoms with Crippen molar-refractivity contribution < 1.29 is 9.50 Å². The monoisotopic (exact) mass is 446 g/mol. The number of thiocarbonyl (C=S) groups is 1. The number of para-hydroxylation sites is 2. The van der Waals surface area contributed by atoms with E-state index < -0.39 is 0 Å². The van der Waals surface area contributed by atoms with Gasteiger partial charge in [0.25, 0.3) is 0 Å². The molecule has 5 nitrogen and oxygen atoms in total. The molecule has 0 saturated carbocycles. The summed E-state index contributed by atoms with van der Waals surface area (Å²) >= 11 is 5.39. The van der Waals surface area contributed by atoms with E-state index in [0.29, 0.717) is 16.6 Å². The molecule has 0 spiro atoms. The summed E-state index contributed by atoms with van der Waals surface area (Å²) in [5.41, 5.74) is 4.61. The van der Waals surface area contributed by atoms with E-state index in [1.807, 2.05) is 49.4 Å². The van der Waals surface area contributed by atoms with Crippen molar-refractivity contribution in [3.63, 3.8) is 0 Å². The molecule has 162 valence electrons. The summed E-state index contributed by atoms with van der Waals surface area (Å²) in [5.74, 6) is -0.422. The standard InChI is InChI=1S/C25H23FN4OS/c1-3-17-11-8-9-16(2)22(17)27-25(32)29-28-23-19-12-5-7-14-21(19)30(24(23)31)15-18-10-4-6-13-20(18)26/h4-14,31H,3,15H2,1-2H3,(H,27,32). The molecule has 0 atom stereocenters. The van der Waals surface area contributed by atoms with E-state index in [2.05, 4.69) is 22.5 Å². The average Bonchev–Trinajstić information content (AvgIpc) is 3.06. The molecule has 0 radical (unpaired) electrons. The van der Waals surface area contributed by atoms with Crippen LogP contribution in [0.25, 0.3) is 10.9 Å². The Morgan fingerprint density at radius 3 is 2.53 bits per heavy atom. The van der Waals surface area contributed by atoms with E-state index in [1.165, 1.54) is 6.07 Å². The molecular formula is C25H23FN4OS. The number of rotatable bonds is 5. The van der Waals surface area contributed by atoms with Gasteiger partial charge in [-0.15, -0.1) is 10.2 Å². The lowest BCUT2D eigenvalue weighted by atomic mass is 10.1. The van der Waals surface area contributed by atoms with Crippen molar-refractivity contribution in [3.05, 3.63) is 89.2 Å². The molecule has 0 aliphatic rings. The zero-order valence-corrected chi connectivity index (χ0v) is 18.7. The number of fused-ring (bicyclic) bond motifs is 1. The van der Waals surface area contributed by atoms with Crippen LogP contribution in [0.3, 0.4) is 0 Å². The topological polar surface area (TPSA) is 61.9 Å². The lowest BCUT2D eigenvalue weighted by Gasteiger charge is -2.12. The first-order chi connectivity index (χ1) is 15.5. The molecule has 0 saturated heterocycles. The van der Waals surface area contributed by atoms with E-state index in [0.717, 1.165) is 28.8 Å². The summed E-state index contributed by atoms with van der Waals surface area (Å²) in [6, 6.07) is 20.0. The minimum Gasteiger partial charge on any atom is -0.493 e. The van der Waals surface area contributed by atoms with Gasteiger partial charge in [0.2, 0.25) is 11.0 Å². The zero-order valence-electron chi connectivity index (χ0n) is 17.8. The van der Waals surface area contributed by atoms with Crippen LogP contribution < -0.4 is 5.32 Å². The molecule has 32 heavy (non-hydrogen) atoms. The Bertz CT molecular complexity index is 1330. The highest BCUT2D eigenvalue weighted by atomic mass is 32.1. The van der Waals surface area contributed by atoms with Crippen LogP contribution in [0.2, 0.25) is 0 Å². The molecule has 0 aliphatic heterocycles. The summed E-state index contributed by atoms with van der Waals surface area (Å²) in [6.07, 6.45) is 0.855. The number of halogens is 1. The van der Waals surface area contributed by atoms with Crippen LogP contribution in [0.15, 0.2) is 77.0 Å². The van der Waals surface area contributed by atoms with E-state index in [-0.39, 0.29) is 23.4 Å². The van der Waals surface area contributed by atoms with Gasteiger partial charge in [0, 0.05) is 16.6 Å². The fourth-order valence-corrected chi connectivity index (χ4v) is 3.90. The second-order valence-corrected chi connectivity index (χ2v) is 7.85. The van der Waals surface area contributed by atoms with Gasteiger partial charge in [-0.1, -0.05) is 61.5 Å². The minimum absolute atomic E-state index is 0.0915. The quantitative estimate of drug-likeness (QED) is 0.259. The lowest BCUT2D eigenvalue weighted by Crippen LogP contribution is -2.08. The van der Waals surface area contributed by atoms with E-state index in [1.54, 1.807) is 22.8 Å². The zero-order chi connectivity index (χ0) is 22.7. The first-order valence-corrected chi connectivity index (χ1v) is 10.7. The minimum atomic E-state index is -0.330. The van der Waals surface area contributed by atoms with Crippen molar-refractivity contribution in [2.75, 3.05) is 5.32 Å². The summed E-state index contributed by atoms with van der Waals surface area (Å²) in [4.78, 5) is 0. The molecule has 3 aromatic carbocycles. The summed E-state index contributed by atoms with van der Waals surface area (Å²) in [5, 5.41) is 23.4. The van der Waals surface area contributed by atoms with Gasteiger partial charge in [-0.25, -0.2) is 4.39 Å². The van der Waals surface area contributed by atoms with Crippen LogP contribution in [-0.2, 0) is 13.0 Å². The van der Waals surface area contributed by atoms with Crippen molar-refractivity contribution in [1.29, 1.82) is 0 Å². The van der Waals surface area contributed by atoms with Crippen LogP contribution in [0.4, 0.5) is 15.8 Å².